The molecule has 1 heterocycles. The minimum absolute atomic E-state index is 0.00828. The van der Waals surface area contributed by atoms with E-state index in [1.54, 1.807) is 0 Å². The van der Waals surface area contributed by atoms with Crippen LogP contribution in [0.4, 0.5) is 0 Å². The molecule has 3 atom stereocenters. The van der Waals surface area contributed by atoms with E-state index < -0.39 is 18.0 Å². The number of carbonyl (C=O) groups is 3. The number of benzene rings is 2. The molecule has 2 aromatic rings. The number of amides is 2. The maximum Gasteiger partial charge on any atom is 0.306 e. The van der Waals surface area contributed by atoms with Crippen LogP contribution in [-0.2, 0) is 36.9 Å². The molecule has 37 heavy (non-hydrogen) atoms. The highest BCUT2D eigenvalue weighted by Gasteiger charge is 2.25. The van der Waals surface area contributed by atoms with E-state index in [-0.39, 0.29) is 50.4 Å². The molecule has 0 bridgehead atoms. The third kappa shape index (κ3) is 10.6. The Morgan fingerprint density at radius 1 is 1.05 bits per heavy atom. The Labute approximate surface area is 218 Å². The van der Waals surface area contributed by atoms with E-state index >= 15 is 0 Å². The van der Waals surface area contributed by atoms with Crippen molar-refractivity contribution in [3.05, 3.63) is 83.9 Å². The molecular weight excluding hydrogens is 472 g/mol. The number of allylic oxidation sites excluding steroid dienone is 2. The second kappa shape index (κ2) is 15.6. The lowest BCUT2D eigenvalue weighted by Gasteiger charge is -2.23. The van der Waals surface area contributed by atoms with Crippen LogP contribution in [0.5, 0.6) is 0 Å². The molecule has 1 aliphatic rings. The molecule has 3 unspecified atom stereocenters. The third-order valence-electron chi connectivity index (χ3n) is 6.04. The summed E-state index contributed by atoms with van der Waals surface area (Å²) in [6, 6.07) is 18.3. The van der Waals surface area contributed by atoms with Crippen molar-refractivity contribution in [3.8, 4) is 0 Å². The van der Waals surface area contributed by atoms with E-state index in [2.05, 4.69) is 10.6 Å². The largest absolute Gasteiger partial charge is 0.463 e. The molecule has 198 valence electrons. The second-order valence-corrected chi connectivity index (χ2v) is 9.17. The van der Waals surface area contributed by atoms with Gasteiger partial charge in [0.2, 0.25) is 11.8 Å². The number of ether oxygens (including phenoxy) is 2. The summed E-state index contributed by atoms with van der Waals surface area (Å²) >= 11 is 0. The average Bonchev–Trinajstić information content (AvgIpc) is 2.90. The molecule has 0 saturated heterocycles. The van der Waals surface area contributed by atoms with Gasteiger partial charge in [-0.1, -0.05) is 72.8 Å². The Kier molecular flexibility index (Phi) is 11.8. The summed E-state index contributed by atoms with van der Waals surface area (Å²) < 4.78 is 11.1. The van der Waals surface area contributed by atoms with Crippen molar-refractivity contribution in [1.82, 2.24) is 10.6 Å². The van der Waals surface area contributed by atoms with Gasteiger partial charge in [-0.05, 0) is 30.4 Å². The number of aliphatic hydroxyl groups is 1. The Morgan fingerprint density at radius 2 is 1.76 bits per heavy atom. The number of hydrogen-bond donors (Lipinski definition) is 3. The summed E-state index contributed by atoms with van der Waals surface area (Å²) in [6.45, 7) is 0.307. The highest BCUT2D eigenvalue weighted by atomic mass is 16.5. The average molecular weight is 509 g/mol. The number of esters is 1. The number of rotatable bonds is 10. The fourth-order valence-corrected chi connectivity index (χ4v) is 4.04. The van der Waals surface area contributed by atoms with E-state index in [9.17, 15) is 19.5 Å². The van der Waals surface area contributed by atoms with E-state index in [0.29, 0.717) is 25.9 Å². The molecule has 8 heteroatoms. The van der Waals surface area contributed by atoms with Gasteiger partial charge in [-0.15, -0.1) is 0 Å². The molecule has 0 radical (unpaired) electrons. The maximum atomic E-state index is 13.2. The Balaban J connectivity index is 1.60. The second-order valence-electron chi connectivity index (χ2n) is 9.17. The monoisotopic (exact) mass is 508 g/mol. The Morgan fingerprint density at radius 3 is 2.46 bits per heavy atom. The van der Waals surface area contributed by atoms with Gasteiger partial charge in [0.05, 0.1) is 37.8 Å². The molecule has 0 fully saturated rings. The van der Waals surface area contributed by atoms with Gasteiger partial charge in [0.25, 0.3) is 0 Å². The number of cyclic esters (lactones) is 1. The molecule has 1 aliphatic heterocycles. The first-order chi connectivity index (χ1) is 18.0. The number of nitrogens with one attached hydrogen (secondary N) is 2. The Bertz CT molecular complexity index is 1010. The number of carbonyl (C=O) groups excluding carboxylic acids is 3. The number of aliphatic hydroxyl groups excluding tert-OH is 1. The third-order valence-corrected chi connectivity index (χ3v) is 6.04. The van der Waals surface area contributed by atoms with Crippen molar-refractivity contribution in [2.24, 2.45) is 5.92 Å². The first kappa shape index (κ1) is 28.1. The topological polar surface area (TPSA) is 114 Å². The summed E-state index contributed by atoms with van der Waals surface area (Å²) in [5.74, 6) is -1.57. The van der Waals surface area contributed by atoms with Crippen LogP contribution in [0.1, 0.15) is 36.8 Å². The predicted molar refractivity (Wildman–Crippen MR) is 139 cm³/mol. The number of hydrogen-bond acceptors (Lipinski definition) is 6. The quantitative estimate of drug-likeness (QED) is 0.336. The summed E-state index contributed by atoms with van der Waals surface area (Å²) in [5.41, 5.74) is 1.99. The van der Waals surface area contributed by atoms with Crippen molar-refractivity contribution in [1.29, 1.82) is 0 Å². The standard InChI is InChI=1S/C29H36N2O6/c32-18-25(16-22-10-4-1-5-11-22)30-27(33)17-24-14-8-3-9-15-28(34)37-21-26(31-29(24)35)20-36-19-23-12-6-2-7-13-23/h1-8,10-13,24-26,32H,9,14-21H2,(H,30,33)(H,31,35). The van der Waals surface area contributed by atoms with Crippen molar-refractivity contribution < 1.29 is 29.0 Å². The SMILES string of the molecule is O=C(CC1CC=CCCC(=O)OCC(COCc2ccccc2)NC1=O)NC(CO)Cc1ccccc1. The highest BCUT2D eigenvalue weighted by Crippen LogP contribution is 2.14. The zero-order chi connectivity index (χ0) is 26.3. The van der Waals surface area contributed by atoms with Crippen LogP contribution < -0.4 is 10.6 Å². The normalized spacial score (nSPS) is 19.6. The van der Waals surface area contributed by atoms with Crippen LogP contribution in [0.15, 0.2) is 72.8 Å². The lowest BCUT2D eigenvalue weighted by atomic mass is 9.98. The van der Waals surface area contributed by atoms with Gasteiger partial charge in [0.1, 0.15) is 6.61 Å². The van der Waals surface area contributed by atoms with Crippen molar-refractivity contribution in [2.75, 3.05) is 19.8 Å². The van der Waals surface area contributed by atoms with Crippen LogP contribution in [0.25, 0.3) is 0 Å². The van der Waals surface area contributed by atoms with Gasteiger partial charge in [-0.25, -0.2) is 0 Å². The van der Waals surface area contributed by atoms with Gasteiger partial charge >= 0.3 is 5.97 Å². The summed E-state index contributed by atoms with van der Waals surface area (Å²) in [7, 11) is 0. The lowest BCUT2D eigenvalue weighted by molar-refractivity contribution is -0.145. The first-order valence-electron chi connectivity index (χ1n) is 12.7. The minimum atomic E-state index is -0.612. The zero-order valence-corrected chi connectivity index (χ0v) is 21.0. The van der Waals surface area contributed by atoms with E-state index in [1.165, 1.54) is 0 Å². The molecule has 0 saturated carbocycles. The van der Waals surface area contributed by atoms with Crippen LogP contribution >= 0.6 is 0 Å². The molecule has 3 rings (SSSR count). The molecule has 0 spiro atoms. The maximum absolute atomic E-state index is 13.2. The molecule has 2 aromatic carbocycles. The van der Waals surface area contributed by atoms with Gasteiger partial charge < -0.3 is 25.2 Å². The minimum Gasteiger partial charge on any atom is -0.463 e. The fraction of sp³-hybridized carbons (Fsp3) is 0.414. The highest BCUT2D eigenvalue weighted by molar-refractivity contribution is 5.86. The van der Waals surface area contributed by atoms with Crippen LogP contribution in [-0.4, -0.2) is 54.8 Å². The predicted octanol–water partition coefficient (Wildman–Crippen LogP) is 2.70. The fourth-order valence-electron chi connectivity index (χ4n) is 4.04. The molecular formula is C29H36N2O6. The molecule has 0 aromatic heterocycles. The summed E-state index contributed by atoms with van der Waals surface area (Å²) in [6.07, 6.45) is 5.20. The molecule has 3 N–H and O–H groups in total. The van der Waals surface area contributed by atoms with Gasteiger partial charge in [0, 0.05) is 12.8 Å². The zero-order valence-electron chi connectivity index (χ0n) is 21.0. The van der Waals surface area contributed by atoms with E-state index in [4.69, 9.17) is 9.47 Å². The van der Waals surface area contributed by atoms with Gasteiger partial charge in [0.15, 0.2) is 0 Å². The molecule has 8 nitrogen and oxygen atoms in total. The van der Waals surface area contributed by atoms with Crippen LogP contribution in [0, 0.1) is 5.92 Å². The first-order valence-corrected chi connectivity index (χ1v) is 12.7. The van der Waals surface area contributed by atoms with E-state index in [1.807, 2.05) is 72.8 Å². The van der Waals surface area contributed by atoms with Crippen LogP contribution in [0.2, 0.25) is 0 Å². The van der Waals surface area contributed by atoms with Gasteiger partial charge in [-0.2, -0.15) is 0 Å². The summed E-state index contributed by atoms with van der Waals surface area (Å²) in [4.78, 5) is 38.0. The van der Waals surface area contributed by atoms with Gasteiger partial charge in [-0.3, -0.25) is 14.4 Å². The molecule has 0 aliphatic carbocycles. The summed E-state index contributed by atoms with van der Waals surface area (Å²) in [5, 5.41) is 15.5. The van der Waals surface area contributed by atoms with E-state index in [0.717, 1.165) is 11.1 Å². The van der Waals surface area contributed by atoms with Crippen molar-refractivity contribution in [3.63, 3.8) is 0 Å². The van der Waals surface area contributed by atoms with Crippen LogP contribution in [0.3, 0.4) is 0 Å². The smallest absolute Gasteiger partial charge is 0.306 e. The van der Waals surface area contributed by atoms with Crippen molar-refractivity contribution in [2.45, 2.75) is 50.8 Å². The lowest BCUT2D eigenvalue weighted by Crippen LogP contribution is -2.46. The van der Waals surface area contributed by atoms with Crippen molar-refractivity contribution >= 4 is 17.8 Å². The Hall–Kier alpha value is -3.49. The molecule has 2 amide bonds.